The third kappa shape index (κ3) is 4.78. The molecule has 1 aromatic heterocycles. The number of hydrogen-bond donors (Lipinski definition) is 1. The van der Waals surface area contributed by atoms with Gasteiger partial charge in [-0.3, -0.25) is 0 Å². The fourth-order valence-electron chi connectivity index (χ4n) is 2.58. The lowest BCUT2D eigenvalue weighted by molar-refractivity contribution is 0.0527. The van der Waals surface area contributed by atoms with Gasteiger partial charge >= 0.3 is 5.97 Å². The Morgan fingerprint density at radius 1 is 1.30 bits per heavy atom. The van der Waals surface area contributed by atoms with Crippen LogP contribution in [0.15, 0.2) is 0 Å². The predicted molar refractivity (Wildman–Crippen MR) is 84.6 cm³/mol. The summed E-state index contributed by atoms with van der Waals surface area (Å²) in [5, 5.41) is 4.26. The number of nitrogens with one attached hydrogen (secondary N) is 1. The fourth-order valence-corrected chi connectivity index (χ4v) is 3.54. The quantitative estimate of drug-likeness (QED) is 0.825. The van der Waals surface area contributed by atoms with E-state index in [2.05, 4.69) is 44.3 Å². The third-order valence-corrected chi connectivity index (χ3v) is 3.62. The van der Waals surface area contributed by atoms with Crippen LogP contribution < -0.4 is 5.32 Å². The van der Waals surface area contributed by atoms with Crippen molar-refractivity contribution >= 4 is 22.5 Å². The van der Waals surface area contributed by atoms with Crippen molar-refractivity contribution in [2.75, 3.05) is 11.9 Å². The second kappa shape index (κ2) is 6.12. The number of nitrogens with zero attached hydrogens (tertiary/aromatic N) is 1. The van der Waals surface area contributed by atoms with Crippen LogP contribution >= 0.6 is 11.5 Å². The lowest BCUT2D eigenvalue weighted by atomic mass is 9.82. The van der Waals surface area contributed by atoms with E-state index in [9.17, 15) is 4.79 Å². The molecule has 114 valence electrons. The summed E-state index contributed by atoms with van der Waals surface area (Å²) < 4.78 is 9.39. The van der Waals surface area contributed by atoms with Crippen molar-refractivity contribution in [2.45, 2.75) is 60.4 Å². The zero-order valence-corrected chi connectivity index (χ0v) is 14.4. The molecule has 1 heterocycles. The number of aryl methyl sites for hydroxylation is 1. The van der Waals surface area contributed by atoms with Crippen LogP contribution in [-0.4, -0.2) is 22.5 Å². The molecule has 5 heteroatoms. The first-order valence-corrected chi connectivity index (χ1v) is 7.74. The van der Waals surface area contributed by atoms with Gasteiger partial charge in [-0.2, -0.15) is 4.37 Å². The van der Waals surface area contributed by atoms with Gasteiger partial charge in [0.2, 0.25) is 0 Å². The van der Waals surface area contributed by atoms with E-state index in [1.165, 1.54) is 11.5 Å². The molecular weight excluding hydrogens is 272 g/mol. The molecule has 0 radical (unpaired) electrons. The molecule has 0 amide bonds. The van der Waals surface area contributed by atoms with E-state index >= 15 is 0 Å². The predicted octanol–water partition coefficient (Wildman–Crippen LogP) is 4.25. The minimum absolute atomic E-state index is 0.113. The van der Waals surface area contributed by atoms with Gasteiger partial charge in [0.1, 0.15) is 10.6 Å². The number of carbonyl (C=O) groups excluding carboxylic acids is 1. The summed E-state index contributed by atoms with van der Waals surface area (Å²) in [5.74, 6) is -0.298. The van der Waals surface area contributed by atoms with Gasteiger partial charge in [0.25, 0.3) is 0 Å². The van der Waals surface area contributed by atoms with Crippen LogP contribution in [0.2, 0.25) is 0 Å². The number of ether oxygens (including phenoxy) is 1. The molecule has 20 heavy (non-hydrogen) atoms. The highest BCUT2D eigenvalue weighted by atomic mass is 32.1. The van der Waals surface area contributed by atoms with Crippen molar-refractivity contribution in [1.29, 1.82) is 0 Å². The van der Waals surface area contributed by atoms with Gasteiger partial charge in [0, 0.05) is 5.54 Å². The summed E-state index contributed by atoms with van der Waals surface area (Å²) in [6.07, 6.45) is 0.985. The number of aromatic nitrogens is 1. The van der Waals surface area contributed by atoms with Crippen LogP contribution in [0, 0.1) is 12.3 Å². The maximum atomic E-state index is 12.0. The highest BCUT2D eigenvalue weighted by molar-refractivity contribution is 7.10. The van der Waals surface area contributed by atoms with Crippen molar-refractivity contribution < 1.29 is 9.53 Å². The van der Waals surface area contributed by atoms with Crippen LogP contribution in [0.1, 0.15) is 64.0 Å². The van der Waals surface area contributed by atoms with E-state index in [-0.39, 0.29) is 16.9 Å². The Morgan fingerprint density at radius 3 is 2.40 bits per heavy atom. The largest absolute Gasteiger partial charge is 0.462 e. The Kier molecular flexibility index (Phi) is 5.19. The molecule has 0 atom stereocenters. The Labute approximate surface area is 126 Å². The van der Waals surface area contributed by atoms with E-state index in [1.54, 1.807) is 0 Å². The summed E-state index contributed by atoms with van der Waals surface area (Å²) in [7, 11) is 0. The van der Waals surface area contributed by atoms with Crippen LogP contribution in [0.5, 0.6) is 0 Å². The first kappa shape index (κ1) is 17.0. The van der Waals surface area contributed by atoms with E-state index in [1.807, 2.05) is 13.8 Å². The molecule has 4 nitrogen and oxygen atoms in total. The van der Waals surface area contributed by atoms with Crippen molar-refractivity contribution in [3.8, 4) is 0 Å². The smallest absolute Gasteiger partial charge is 0.343 e. The zero-order valence-electron chi connectivity index (χ0n) is 13.6. The number of carbonyl (C=O) groups is 1. The molecule has 1 aromatic rings. The second-order valence-electron chi connectivity index (χ2n) is 6.94. The molecule has 0 saturated carbocycles. The molecule has 0 aromatic carbocycles. The van der Waals surface area contributed by atoms with Gasteiger partial charge < -0.3 is 10.1 Å². The summed E-state index contributed by atoms with van der Waals surface area (Å²) in [6, 6.07) is 0. The normalized spacial score (nSPS) is 12.3. The molecule has 0 aliphatic rings. The first-order chi connectivity index (χ1) is 9.06. The van der Waals surface area contributed by atoms with Crippen molar-refractivity contribution in [3.63, 3.8) is 0 Å². The standard InChI is InChI=1S/C15H26N2O2S/c1-8-19-13(18)11-10(2)17-20-12(11)16-15(6,7)9-14(3,4)5/h16H,8-9H2,1-7H3. The van der Waals surface area contributed by atoms with E-state index < -0.39 is 0 Å². The van der Waals surface area contributed by atoms with Crippen LogP contribution in [0.3, 0.4) is 0 Å². The SMILES string of the molecule is CCOC(=O)c1c(C)nsc1NC(C)(C)CC(C)(C)C. The summed E-state index contributed by atoms with van der Waals surface area (Å²) in [6.45, 7) is 14.9. The molecule has 0 aliphatic heterocycles. The van der Waals surface area contributed by atoms with Gasteiger partial charge in [-0.25, -0.2) is 4.79 Å². The van der Waals surface area contributed by atoms with E-state index in [0.717, 1.165) is 17.1 Å². The Bertz CT molecular complexity index is 473. The van der Waals surface area contributed by atoms with E-state index in [0.29, 0.717) is 12.2 Å². The second-order valence-corrected chi connectivity index (χ2v) is 7.71. The average Bonchev–Trinajstić information content (AvgIpc) is 2.55. The first-order valence-electron chi connectivity index (χ1n) is 6.97. The summed E-state index contributed by atoms with van der Waals surface area (Å²) >= 11 is 1.32. The Hall–Kier alpha value is -1.10. The van der Waals surface area contributed by atoms with Crippen molar-refractivity contribution in [1.82, 2.24) is 4.37 Å². The summed E-state index contributed by atoms with van der Waals surface area (Å²) in [5.41, 5.74) is 1.39. The maximum Gasteiger partial charge on any atom is 0.343 e. The molecule has 0 saturated heterocycles. The number of esters is 1. The topological polar surface area (TPSA) is 51.2 Å². The minimum atomic E-state index is -0.298. The van der Waals surface area contributed by atoms with Gasteiger partial charge in [-0.05, 0) is 51.1 Å². The molecule has 0 aliphatic carbocycles. The number of hydrogen-bond acceptors (Lipinski definition) is 5. The monoisotopic (exact) mass is 298 g/mol. The fraction of sp³-hybridized carbons (Fsp3) is 0.733. The molecular formula is C15H26N2O2S. The van der Waals surface area contributed by atoms with Crippen LogP contribution in [0.25, 0.3) is 0 Å². The molecule has 0 spiro atoms. The number of rotatable bonds is 5. The highest BCUT2D eigenvalue weighted by Crippen LogP contribution is 2.33. The van der Waals surface area contributed by atoms with Crippen LogP contribution in [-0.2, 0) is 4.74 Å². The molecule has 1 rings (SSSR count). The van der Waals surface area contributed by atoms with Gasteiger partial charge in [0.15, 0.2) is 0 Å². The van der Waals surface area contributed by atoms with E-state index in [4.69, 9.17) is 4.74 Å². The van der Waals surface area contributed by atoms with Gasteiger partial charge in [-0.1, -0.05) is 20.8 Å². The molecule has 0 bridgehead atoms. The zero-order chi connectivity index (χ0) is 15.6. The maximum absolute atomic E-state index is 12.0. The molecule has 1 N–H and O–H groups in total. The average molecular weight is 298 g/mol. The lowest BCUT2D eigenvalue weighted by Gasteiger charge is -2.33. The molecule has 0 unspecified atom stereocenters. The third-order valence-electron chi connectivity index (χ3n) is 2.77. The summed E-state index contributed by atoms with van der Waals surface area (Å²) in [4.78, 5) is 12.0. The Morgan fingerprint density at radius 2 is 1.90 bits per heavy atom. The van der Waals surface area contributed by atoms with Crippen LogP contribution in [0.4, 0.5) is 5.00 Å². The van der Waals surface area contributed by atoms with Gasteiger partial charge in [-0.15, -0.1) is 0 Å². The lowest BCUT2D eigenvalue weighted by Crippen LogP contribution is -2.35. The highest BCUT2D eigenvalue weighted by Gasteiger charge is 2.29. The van der Waals surface area contributed by atoms with Crippen molar-refractivity contribution in [3.05, 3.63) is 11.3 Å². The minimum Gasteiger partial charge on any atom is -0.462 e. The number of anilines is 1. The molecule has 0 fully saturated rings. The van der Waals surface area contributed by atoms with Crippen molar-refractivity contribution in [2.24, 2.45) is 5.41 Å². The van der Waals surface area contributed by atoms with Gasteiger partial charge in [0.05, 0.1) is 12.3 Å². The Balaban J connectivity index is 2.96.